The Labute approximate surface area is 540 Å². The summed E-state index contributed by atoms with van der Waals surface area (Å²) in [6.07, 6.45) is 0. The van der Waals surface area contributed by atoms with Gasteiger partial charge >= 0.3 is 0 Å². The molecule has 0 fully saturated rings. The first-order valence-electron chi connectivity index (χ1n) is 32.4. The second-order valence-corrected chi connectivity index (χ2v) is 29.4. The zero-order valence-corrected chi connectivity index (χ0v) is 54.8. The Morgan fingerprint density at radius 3 is 0.857 bits per heavy atom. The standard InChI is InChI=1S/C87H80BN3/c1-84(2,3)69-45-65(46-70(55-69)85(4,5)6)66-49-77(67-47-71(86(7,8)9)56-72(48-67)87(10,11)12)89-78(50-66)68-53-81-83-82(54-68)91(74-41-35-62(36-42-74)58-27-19-14-20-28-58)80-52-64(60-31-23-16-24-32-60)38-44-76(80)88(83)75-43-37-63(59-29-21-15-22-30-59)51-79(75)90(81)73-39-33-61(34-40-73)57-25-17-13-18-26-57/h13-56H,1-12H3. The first-order valence-corrected chi connectivity index (χ1v) is 32.4. The number of hydrogen-bond donors (Lipinski definition) is 0. The van der Waals surface area contributed by atoms with Crippen molar-refractivity contribution < 1.29 is 0 Å². The lowest BCUT2D eigenvalue weighted by Gasteiger charge is -2.44. The van der Waals surface area contributed by atoms with Crippen molar-refractivity contribution in [2.45, 2.75) is 105 Å². The summed E-state index contributed by atoms with van der Waals surface area (Å²) < 4.78 is 0. The highest BCUT2D eigenvalue weighted by Crippen LogP contribution is 2.49. The molecule has 0 amide bonds. The van der Waals surface area contributed by atoms with E-state index >= 15 is 0 Å². The number of hydrogen-bond acceptors (Lipinski definition) is 3. The van der Waals surface area contributed by atoms with E-state index in [1.54, 1.807) is 0 Å². The van der Waals surface area contributed by atoms with E-state index in [2.05, 4.69) is 360 Å². The maximum atomic E-state index is 5.99. The second kappa shape index (κ2) is 22.6. The summed E-state index contributed by atoms with van der Waals surface area (Å²) in [6.45, 7) is 27.9. The molecule has 0 saturated carbocycles. The third kappa shape index (κ3) is 11.3. The van der Waals surface area contributed by atoms with Crippen LogP contribution in [0.1, 0.15) is 105 Å². The van der Waals surface area contributed by atoms with Crippen molar-refractivity contribution in [3.63, 3.8) is 0 Å². The summed E-state index contributed by atoms with van der Waals surface area (Å²) in [5.74, 6) is 0. The van der Waals surface area contributed by atoms with Crippen LogP contribution in [0.15, 0.2) is 267 Å². The zero-order chi connectivity index (χ0) is 63.1. The van der Waals surface area contributed by atoms with E-state index in [-0.39, 0.29) is 28.4 Å². The first kappa shape index (κ1) is 58.9. The minimum Gasteiger partial charge on any atom is -0.311 e. The minimum atomic E-state index is -0.125. The SMILES string of the molecule is CC(C)(C)c1cc(-c2cc(-c3cc(C(C)(C)C)cc(C(C)(C)C)c3)nc(-c3cc4c5c(c3)N(c3ccc(-c6ccccc6)cc3)c3cc(-c6ccccc6)ccc3B5c3ccc(-c5ccccc5)cc3N4c3ccc(-c4ccccc4)cc3)c2)cc(C(C)(C)C)c1. The number of pyridine rings is 1. The normalized spacial score (nSPS) is 13.0. The van der Waals surface area contributed by atoms with Crippen LogP contribution < -0.4 is 26.2 Å². The van der Waals surface area contributed by atoms with Crippen LogP contribution in [-0.2, 0) is 21.7 Å². The molecule has 2 aliphatic rings. The van der Waals surface area contributed by atoms with Crippen LogP contribution in [0.3, 0.4) is 0 Å². The van der Waals surface area contributed by atoms with Crippen LogP contribution in [0, 0.1) is 0 Å². The van der Waals surface area contributed by atoms with E-state index in [0.29, 0.717) is 0 Å². The zero-order valence-electron chi connectivity index (χ0n) is 54.8. The van der Waals surface area contributed by atoms with E-state index in [1.165, 1.54) is 88.7 Å². The van der Waals surface area contributed by atoms with E-state index in [4.69, 9.17) is 4.98 Å². The van der Waals surface area contributed by atoms with Gasteiger partial charge in [-0.05, 0) is 189 Å². The average Bonchev–Trinajstić information content (AvgIpc) is 0.747. The van der Waals surface area contributed by atoms with Crippen LogP contribution >= 0.6 is 0 Å². The summed E-state index contributed by atoms with van der Waals surface area (Å²) in [5, 5.41) is 0. The molecule has 12 aromatic rings. The van der Waals surface area contributed by atoms with Gasteiger partial charge in [0.1, 0.15) is 0 Å². The Bertz CT molecular complexity index is 4340. The quantitative estimate of drug-likeness (QED) is 0.134. The van der Waals surface area contributed by atoms with Crippen LogP contribution in [0.2, 0.25) is 0 Å². The van der Waals surface area contributed by atoms with Gasteiger partial charge in [-0.15, -0.1) is 0 Å². The molecule has 0 bridgehead atoms. The van der Waals surface area contributed by atoms with Gasteiger partial charge < -0.3 is 9.80 Å². The molecule has 3 nitrogen and oxygen atoms in total. The van der Waals surface area contributed by atoms with Gasteiger partial charge in [-0.1, -0.05) is 277 Å². The smallest absolute Gasteiger partial charge is 0.252 e. The fourth-order valence-electron chi connectivity index (χ4n) is 13.5. The summed E-state index contributed by atoms with van der Waals surface area (Å²) in [7, 11) is 0. The number of fused-ring (bicyclic) bond motifs is 4. The van der Waals surface area contributed by atoms with Gasteiger partial charge in [0.15, 0.2) is 0 Å². The molecule has 0 aliphatic carbocycles. The lowest BCUT2D eigenvalue weighted by atomic mass is 9.33. The van der Waals surface area contributed by atoms with Crippen molar-refractivity contribution in [2.24, 2.45) is 0 Å². The van der Waals surface area contributed by atoms with E-state index in [1.807, 2.05) is 0 Å². The molecule has 0 radical (unpaired) electrons. The van der Waals surface area contributed by atoms with Crippen molar-refractivity contribution >= 4 is 57.2 Å². The molecule has 1 aromatic heterocycles. The van der Waals surface area contributed by atoms with Crippen LogP contribution in [0.25, 0.3) is 78.1 Å². The lowest BCUT2D eigenvalue weighted by molar-refractivity contribution is 0.568. The predicted octanol–water partition coefficient (Wildman–Crippen LogP) is 22.0. The molecular weight excluding hydrogens is 1100 g/mol. The summed E-state index contributed by atoms with van der Waals surface area (Å²) in [4.78, 5) is 11.1. The van der Waals surface area contributed by atoms with Crippen LogP contribution in [0.4, 0.5) is 34.1 Å². The second-order valence-electron chi connectivity index (χ2n) is 29.4. The third-order valence-corrected chi connectivity index (χ3v) is 18.8. The maximum Gasteiger partial charge on any atom is 0.252 e. The highest BCUT2D eigenvalue weighted by atomic mass is 15.2. The topological polar surface area (TPSA) is 19.4 Å². The van der Waals surface area contributed by atoms with Crippen LogP contribution in [-0.4, -0.2) is 11.7 Å². The van der Waals surface area contributed by atoms with E-state index < -0.39 is 0 Å². The number of rotatable bonds is 9. The fraction of sp³-hybridized carbons (Fsp3) is 0.184. The summed E-state index contributed by atoms with van der Waals surface area (Å²) in [6, 6.07) is 100. The minimum absolute atomic E-state index is 0.0894. The summed E-state index contributed by atoms with van der Waals surface area (Å²) in [5.41, 5.74) is 31.0. The molecular formula is C87H80BN3. The largest absolute Gasteiger partial charge is 0.311 e. The van der Waals surface area contributed by atoms with Crippen molar-refractivity contribution in [3.8, 4) is 78.1 Å². The molecule has 2 aliphatic heterocycles. The molecule has 0 unspecified atom stereocenters. The molecule has 446 valence electrons. The molecule has 0 N–H and O–H groups in total. The number of benzene rings is 11. The van der Waals surface area contributed by atoms with Gasteiger partial charge in [0.2, 0.25) is 0 Å². The maximum absolute atomic E-state index is 5.99. The fourth-order valence-corrected chi connectivity index (χ4v) is 13.5. The third-order valence-electron chi connectivity index (χ3n) is 18.8. The highest BCUT2D eigenvalue weighted by molar-refractivity contribution is 7.00. The van der Waals surface area contributed by atoms with Gasteiger partial charge in [-0.2, -0.15) is 0 Å². The Kier molecular flexibility index (Phi) is 14.6. The van der Waals surface area contributed by atoms with Crippen LogP contribution in [0.5, 0.6) is 0 Å². The predicted molar refractivity (Wildman–Crippen MR) is 391 cm³/mol. The molecule has 11 aromatic carbocycles. The van der Waals surface area contributed by atoms with Gasteiger partial charge in [0, 0.05) is 45.3 Å². The van der Waals surface area contributed by atoms with E-state index in [9.17, 15) is 0 Å². The van der Waals surface area contributed by atoms with Gasteiger partial charge in [-0.3, -0.25) is 0 Å². The van der Waals surface area contributed by atoms with Crippen molar-refractivity contribution in [3.05, 3.63) is 289 Å². The Balaban J connectivity index is 1.10. The first-order chi connectivity index (χ1) is 43.6. The van der Waals surface area contributed by atoms with Gasteiger partial charge in [0.05, 0.1) is 11.4 Å². The Morgan fingerprint density at radius 2 is 0.516 bits per heavy atom. The molecule has 0 spiro atoms. The lowest BCUT2D eigenvalue weighted by Crippen LogP contribution is -2.61. The van der Waals surface area contributed by atoms with Crippen molar-refractivity contribution in [2.75, 3.05) is 9.80 Å². The molecule has 4 heteroatoms. The summed E-state index contributed by atoms with van der Waals surface area (Å²) >= 11 is 0. The van der Waals surface area contributed by atoms with Crippen molar-refractivity contribution in [1.82, 2.24) is 4.98 Å². The molecule has 91 heavy (non-hydrogen) atoms. The van der Waals surface area contributed by atoms with Gasteiger partial charge in [-0.25, -0.2) is 4.98 Å². The Morgan fingerprint density at radius 1 is 0.242 bits per heavy atom. The molecule has 3 heterocycles. The number of aromatic nitrogens is 1. The average molecular weight is 1180 g/mol. The van der Waals surface area contributed by atoms with Crippen molar-refractivity contribution in [1.29, 1.82) is 0 Å². The Hall–Kier alpha value is -9.77. The highest BCUT2D eigenvalue weighted by Gasteiger charge is 2.44. The monoisotopic (exact) mass is 1180 g/mol. The van der Waals surface area contributed by atoms with E-state index in [0.717, 1.165) is 62.2 Å². The molecule has 0 atom stereocenters. The van der Waals surface area contributed by atoms with Gasteiger partial charge in [0.25, 0.3) is 6.71 Å². The number of nitrogens with zero attached hydrogens (tertiary/aromatic N) is 3. The molecule has 0 saturated heterocycles. The molecule has 14 rings (SSSR count). The number of anilines is 6.